The largest absolute Gasteiger partial charge is 0.182 e. The molecule has 0 rings (SSSR count). The van der Waals surface area contributed by atoms with Crippen LogP contribution in [-0.4, -0.2) is 28.3 Å². The van der Waals surface area contributed by atoms with Crippen LogP contribution in [0.5, 0.6) is 0 Å². The predicted octanol–water partition coefficient (Wildman–Crippen LogP) is 17.0. The molecule has 0 spiro atoms. The Kier molecular flexibility index (Phi) is 42.2. The van der Waals surface area contributed by atoms with Gasteiger partial charge in [0.05, 0.1) is 0 Å². The van der Waals surface area contributed by atoms with Crippen LogP contribution in [0.25, 0.3) is 0 Å². The van der Waals surface area contributed by atoms with Gasteiger partial charge in [-0.25, -0.2) is 0 Å². The lowest BCUT2D eigenvalue weighted by Gasteiger charge is -2.21. The van der Waals surface area contributed by atoms with Gasteiger partial charge in [0, 0.05) is 12.8 Å². The zero-order chi connectivity index (χ0) is 35.6. The average Bonchev–Trinajstić information content (AvgIpc) is 3.09. The van der Waals surface area contributed by atoms with Crippen LogP contribution in [0.15, 0.2) is 0 Å². The van der Waals surface area contributed by atoms with Crippen molar-refractivity contribution < 1.29 is 15.2 Å². The number of hydroxylamine groups is 4. The first-order chi connectivity index (χ1) is 24.1. The molecule has 49 heavy (non-hydrogen) atoms. The maximum absolute atomic E-state index is 10.3. The quantitative estimate of drug-likeness (QED) is 0.0379. The first-order valence-corrected chi connectivity index (χ1v) is 23.4. The monoisotopic (exact) mass is 695 g/mol. The van der Waals surface area contributed by atoms with Gasteiger partial charge >= 0.3 is 0 Å². The molecule has 0 aliphatic heterocycles. The van der Waals surface area contributed by atoms with Crippen LogP contribution in [0, 0.1) is 0 Å². The summed E-state index contributed by atoms with van der Waals surface area (Å²) in [6.07, 6.45) is 58.0. The third-order valence-electron chi connectivity index (χ3n) is 11.2. The van der Waals surface area contributed by atoms with E-state index in [9.17, 15) is 10.4 Å². The summed E-state index contributed by atoms with van der Waals surface area (Å²) >= 11 is 0. The molecule has 296 valence electrons. The molecule has 0 bridgehead atoms. The molecule has 0 aliphatic carbocycles. The van der Waals surface area contributed by atoms with Crippen LogP contribution in [0.1, 0.15) is 284 Å². The summed E-state index contributed by atoms with van der Waals surface area (Å²) in [5, 5.41) is 20.6. The average molecular weight is 695 g/mol. The fraction of sp³-hybridized carbons (Fsp3) is 1.00. The second-order valence-corrected chi connectivity index (χ2v) is 16.5. The lowest BCUT2D eigenvalue weighted by atomic mass is 10.0. The highest BCUT2D eigenvalue weighted by atomic mass is 16.8. The number of quaternary nitrogens is 1. The summed E-state index contributed by atoms with van der Waals surface area (Å²) < 4.78 is 0. The van der Waals surface area contributed by atoms with Crippen molar-refractivity contribution >= 4 is 0 Å². The molecule has 0 fully saturated rings. The molecular formula is C46H96NO2+. The summed E-state index contributed by atoms with van der Waals surface area (Å²) in [7, 11) is 0. The topological polar surface area (TPSA) is 40.5 Å². The second-order valence-electron chi connectivity index (χ2n) is 16.5. The SMILES string of the molecule is CCCCCCCCCCCCCCCCCCCCCCCC[N+](O)(O)CCCCCCCCCCCCCCCCCCCCCC. The van der Waals surface area contributed by atoms with Crippen LogP contribution in [0.2, 0.25) is 0 Å². The molecule has 0 atom stereocenters. The summed E-state index contributed by atoms with van der Waals surface area (Å²) in [4.78, 5) is -0.752. The number of hydrogen-bond donors (Lipinski definition) is 2. The van der Waals surface area contributed by atoms with Gasteiger partial charge in [-0.2, -0.15) is 10.4 Å². The Balaban J connectivity index is 3.24. The fourth-order valence-corrected chi connectivity index (χ4v) is 7.71. The highest BCUT2D eigenvalue weighted by Gasteiger charge is 2.21. The van der Waals surface area contributed by atoms with E-state index in [-0.39, 0.29) is 0 Å². The van der Waals surface area contributed by atoms with Gasteiger partial charge in [-0.1, -0.05) is 258 Å². The van der Waals surface area contributed by atoms with Crippen molar-refractivity contribution in [1.29, 1.82) is 0 Å². The molecule has 0 saturated heterocycles. The second kappa shape index (κ2) is 42.3. The van der Waals surface area contributed by atoms with Gasteiger partial charge in [0.15, 0.2) is 0 Å². The van der Waals surface area contributed by atoms with E-state index in [1.165, 1.54) is 244 Å². The maximum Gasteiger partial charge on any atom is 0.142 e. The van der Waals surface area contributed by atoms with Crippen LogP contribution in [0.4, 0.5) is 0 Å². The van der Waals surface area contributed by atoms with E-state index < -0.39 is 4.81 Å². The van der Waals surface area contributed by atoms with Gasteiger partial charge in [0.2, 0.25) is 0 Å². The van der Waals surface area contributed by atoms with Crippen LogP contribution >= 0.6 is 0 Å². The molecule has 0 amide bonds. The number of rotatable bonds is 44. The highest BCUT2D eigenvalue weighted by molar-refractivity contribution is 4.53. The Hall–Kier alpha value is -0.120. The Morgan fingerprint density at radius 1 is 0.204 bits per heavy atom. The van der Waals surface area contributed by atoms with Crippen molar-refractivity contribution in [1.82, 2.24) is 0 Å². The van der Waals surface area contributed by atoms with Crippen molar-refractivity contribution in [2.75, 3.05) is 13.1 Å². The molecule has 3 heteroatoms. The molecule has 0 heterocycles. The summed E-state index contributed by atoms with van der Waals surface area (Å²) in [6.45, 7) is 5.59. The minimum Gasteiger partial charge on any atom is -0.182 e. The lowest BCUT2D eigenvalue weighted by Crippen LogP contribution is -2.42. The molecular weight excluding hydrogens is 599 g/mol. The first-order valence-electron chi connectivity index (χ1n) is 23.4. The standard InChI is InChI=1S/C46H96NO2/c1-3-5-7-9-11-13-15-17-19-21-23-25-26-28-30-32-34-36-38-40-42-44-46-47(48,49)45-43-41-39-37-35-33-31-29-27-24-22-20-18-16-14-12-10-8-6-4-2/h48-49H,3-46H2,1-2H3/q+1. The van der Waals surface area contributed by atoms with Gasteiger partial charge in [-0.15, -0.1) is 0 Å². The summed E-state index contributed by atoms with van der Waals surface area (Å²) in [6, 6.07) is 0. The van der Waals surface area contributed by atoms with Gasteiger partial charge in [-0.05, 0) is 17.7 Å². The van der Waals surface area contributed by atoms with Crippen molar-refractivity contribution in [3.05, 3.63) is 0 Å². The molecule has 2 N–H and O–H groups in total. The third-order valence-corrected chi connectivity index (χ3v) is 11.2. The van der Waals surface area contributed by atoms with E-state index in [4.69, 9.17) is 0 Å². The third kappa shape index (κ3) is 44.0. The van der Waals surface area contributed by atoms with Crippen molar-refractivity contribution in [2.24, 2.45) is 0 Å². The van der Waals surface area contributed by atoms with E-state index in [1.807, 2.05) is 0 Å². The molecule has 0 aromatic heterocycles. The first kappa shape index (κ1) is 48.9. The molecule has 0 radical (unpaired) electrons. The highest BCUT2D eigenvalue weighted by Crippen LogP contribution is 2.17. The van der Waals surface area contributed by atoms with Gasteiger partial charge in [-0.3, -0.25) is 0 Å². The zero-order valence-electron chi connectivity index (χ0n) is 34.5. The fourth-order valence-electron chi connectivity index (χ4n) is 7.71. The molecule has 0 unspecified atom stereocenters. The summed E-state index contributed by atoms with van der Waals surface area (Å²) in [5.74, 6) is 0. The predicted molar refractivity (Wildman–Crippen MR) is 219 cm³/mol. The van der Waals surface area contributed by atoms with Gasteiger partial charge in [0.25, 0.3) is 0 Å². The van der Waals surface area contributed by atoms with E-state index in [0.29, 0.717) is 13.1 Å². The minimum atomic E-state index is -0.752. The van der Waals surface area contributed by atoms with Gasteiger partial charge in [0.1, 0.15) is 13.1 Å². The van der Waals surface area contributed by atoms with Crippen molar-refractivity contribution in [3.8, 4) is 0 Å². The number of hydrogen-bond acceptors (Lipinski definition) is 2. The van der Waals surface area contributed by atoms with E-state index in [2.05, 4.69) is 13.8 Å². The van der Waals surface area contributed by atoms with E-state index >= 15 is 0 Å². The molecule has 0 aromatic rings. The van der Waals surface area contributed by atoms with Crippen molar-refractivity contribution in [3.63, 3.8) is 0 Å². The Labute approximate surface area is 311 Å². The molecule has 0 aromatic carbocycles. The van der Waals surface area contributed by atoms with Crippen LogP contribution in [-0.2, 0) is 0 Å². The smallest absolute Gasteiger partial charge is 0.142 e. The normalized spacial score (nSPS) is 12.0. The van der Waals surface area contributed by atoms with Crippen molar-refractivity contribution in [2.45, 2.75) is 284 Å². The Morgan fingerprint density at radius 2 is 0.327 bits per heavy atom. The van der Waals surface area contributed by atoms with Crippen LogP contribution < -0.4 is 0 Å². The maximum atomic E-state index is 10.3. The minimum absolute atomic E-state index is 0.498. The Morgan fingerprint density at radius 3 is 0.469 bits per heavy atom. The molecule has 3 nitrogen and oxygen atoms in total. The number of unbranched alkanes of at least 4 members (excludes halogenated alkanes) is 40. The molecule has 0 aliphatic rings. The number of nitrogens with zero attached hydrogens (tertiary/aromatic N) is 1. The van der Waals surface area contributed by atoms with Crippen LogP contribution in [0.3, 0.4) is 0 Å². The zero-order valence-corrected chi connectivity index (χ0v) is 34.5. The Bertz CT molecular complexity index is 579. The van der Waals surface area contributed by atoms with Gasteiger partial charge < -0.3 is 0 Å². The van der Waals surface area contributed by atoms with E-state index in [0.717, 1.165) is 25.7 Å². The molecule has 0 saturated carbocycles. The lowest BCUT2D eigenvalue weighted by molar-refractivity contribution is -1.24. The summed E-state index contributed by atoms with van der Waals surface area (Å²) in [5.41, 5.74) is 0. The van der Waals surface area contributed by atoms with E-state index in [1.54, 1.807) is 0 Å².